The summed E-state index contributed by atoms with van der Waals surface area (Å²) in [6.07, 6.45) is 0. The number of rotatable bonds is 1. The number of benzene rings is 1. The van der Waals surface area contributed by atoms with Gasteiger partial charge in [-0.25, -0.2) is 4.39 Å². The average Bonchev–Trinajstić information content (AvgIpc) is 2.44. The van der Waals surface area contributed by atoms with Crippen molar-refractivity contribution in [2.24, 2.45) is 0 Å². The van der Waals surface area contributed by atoms with Gasteiger partial charge in [0.15, 0.2) is 0 Å². The highest BCUT2D eigenvalue weighted by Gasteiger charge is 2.35. The van der Waals surface area contributed by atoms with Crippen LogP contribution in [0, 0.1) is 5.82 Å². The number of anilines is 2. The van der Waals surface area contributed by atoms with Gasteiger partial charge < -0.3 is 5.73 Å². The smallest absolute Gasteiger partial charge is 0.304 e. The highest BCUT2D eigenvalue weighted by Crippen LogP contribution is 2.27. The van der Waals surface area contributed by atoms with Gasteiger partial charge in [0.2, 0.25) is 0 Å². The highest BCUT2D eigenvalue weighted by atomic mass is 32.2. The van der Waals surface area contributed by atoms with E-state index in [2.05, 4.69) is 0 Å². The van der Waals surface area contributed by atoms with Gasteiger partial charge in [-0.15, -0.1) is 0 Å². The first kappa shape index (κ1) is 11.2. The summed E-state index contributed by atoms with van der Waals surface area (Å²) in [5, 5.41) is 0. The number of nitrogens with two attached hydrogens (primary N) is 1. The SMILES string of the molecule is CN1CCN(c2ccc(N)cc2F)S1(=O)=O. The number of halogens is 1. The molecule has 0 bridgehead atoms. The van der Waals surface area contributed by atoms with E-state index in [1.54, 1.807) is 0 Å². The third-order valence-electron chi connectivity index (χ3n) is 2.53. The number of nitrogen functional groups attached to an aromatic ring is 1. The van der Waals surface area contributed by atoms with Crippen LogP contribution in [-0.4, -0.2) is 32.9 Å². The van der Waals surface area contributed by atoms with E-state index in [4.69, 9.17) is 5.73 Å². The minimum Gasteiger partial charge on any atom is -0.399 e. The Morgan fingerprint density at radius 2 is 2.06 bits per heavy atom. The summed E-state index contributed by atoms with van der Waals surface area (Å²) in [6.45, 7) is 0.603. The van der Waals surface area contributed by atoms with Gasteiger partial charge >= 0.3 is 10.2 Å². The Bertz CT molecular complexity index is 517. The molecule has 0 atom stereocenters. The molecule has 0 amide bonds. The van der Waals surface area contributed by atoms with Crippen LogP contribution >= 0.6 is 0 Å². The zero-order valence-electron chi connectivity index (χ0n) is 8.72. The first-order valence-corrected chi connectivity index (χ1v) is 6.11. The van der Waals surface area contributed by atoms with E-state index in [1.165, 1.54) is 23.5 Å². The van der Waals surface area contributed by atoms with Gasteiger partial charge in [0, 0.05) is 25.8 Å². The molecular formula is C9H12FN3O2S. The lowest BCUT2D eigenvalue weighted by atomic mass is 10.2. The molecule has 1 aliphatic heterocycles. The number of likely N-dealkylation sites (N-methyl/N-ethyl adjacent to an activating group) is 1. The quantitative estimate of drug-likeness (QED) is 0.728. The summed E-state index contributed by atoms with van der Waals surface area (Å²) in [7, 11) is -2.11. The van der Waals surface area contributed by atoms with Crippen molar-refractivity contribution in [2.45, 2.75) is 0 Å². The standard InChI is InChI=1S/C9H12FN3O2S/c1-12-4-5-13(16(12,14)15)9-3-2-7(11)6-8(9)10/h2-3,6H,4-5,11H2,1H3. The molecule has 0 radical (unpaired) electrons. The van der Waals surface area contributed by atoms with Crippen LogP contribution in [0.2, 0.25) is 0 Å². The van der Waals surface area contributed by atoms with Gasteiger partial charge in [0.1, 0.15) is 5.82 Å². The zero-order chi connectivity index (χ0) is 11.9. The molecule has 5 nitrogen and oxygen atoms in total. The van der Waals surface area contributed by atoms with Crippen LogP contribution < -0.4 is 10.0 Å². The van der Waals surface area contributed by atoms with Crippen LogP contribution in [-0.2, 0) is 10.2 Å². The van der Waals surface area contributed by atoms with Crippen LogP contribution in [0.1, 0.15) is 0 Å². The summed E-state index contributed by atoms with van der Waals surface area (Å²) < 4.78 is 39.4. The monoisotopic (exact) mass is 245 g/mol. The Morgan fingerprint density at radius 3 is 2.56 bits per heavy atom. The van der Waals surface area contributed by atoms with Crippen molar-refractivity contribution in [1.82, 2.24) is 4.31 Å². The first-order chi connectivity index (χ1) is 7.43. The summed E-state index contributed by atoms with van der Waals surface area (Å²) >= 11 is 0. The minimum absolute atomic E-state index is 0.0403. The zero-order valence-corrected chi connectivity index (χ0v) is 9.54. The van der Waals surface area contributed by atoms with E-state index in [1.807, 2.05) is 0 Å². The topological polar surface area (TPSA) is 66.6 Å². The van der Waals surface area contributed by atoms with Crippen molar-refractivity contribution in [3.8, 4) is 0 Å². The minimum atomic E-state index is -3.57. The van der Waals surface area contributed by atoms with E-state index in [0.29, 0.717) is 6.54 Å². The van der Waals surface area contributed by atoms with E-state index >= 15 is 0 Å². The molecule has 1 heterocycles. The Kier molecular flexibility index (Phi) is 2.51. The summed E-state index contributed by atoms with van der Waals surface area (Å²) in [5.74, 6) is -0.626. The van der Waals surface area contributed by atoms with E-state index in [0.717, 1.165) is 10.4 Å². The molecule has 88 valence electrons. The van der Waals surface area contributed by atoms with Crippen molar-refractivity contribution in [3.05, 3.63) is 24.0 Å². The van der Waals surface area contributed by atoms with Crippen LogP contribution in [0.15, 0.2) is 18.2 Å². The van der Waals surface area contributed by atoms with Crippen molar-refractivity contribution < 1.29 is 12.8 Å². The molecule has 1 aromatic carbocycles. The maximum atomic E-state index is 13.6. The Labute approximate surface area is 93.4 Å². The second-order valence-electron chi connectivity index (χ2n) is 3.61. The lowest BCUT2D eigenvalue weighted by molar-refractivity contribution is 0.511. The Morgan fingerprint density at radius 1 is 1.38 bits per heavy atom. The Balaban J connectivity index is 2.47. The number of nitrogens with zero attached hydrogens (tertiary/aromatic N) is 2. The summed E-state index contributed by atoms with van der Waals surface area (Å²) in [5.41, 5.74) is 5.71. The molecule has 0 aliphatic carbocycles. The summed E-state index contributed by atoms with van der Waals surface area (Å²) in [4.78, 5) is 0. The first-order valence-electron chi connectivity index (χ1n) is 4.72. The van der Waals surface area contributed by atoms with Gasteiger partial charge in [0.05, 0.1) is 5.69 Å². The van der Waals surface area contributed by atoms with Gasteiger partial charge in [0.25, 0.3) is 0 Å². The second kappa shape index (κ2) is 3.60. The molecule has 1 aliphatic rings. The fraction of sp³-hybridized carbons (Fsp3) is 0.333. The van der Waals surface area contributed by atoms with Crippen molar-refractivity contribution >= 4 is 21.6 Å². The maximum absolute atomic E-state index is 13.6. The molecule has 2 N–H and O–H groups in total. The Hall–Kier alpha value is -1.34. The molecule has 0 unspecified atom stereocenters. The summed E-state index contributed by atoms with van der Waals surface area (Å²) in [6, 6.07) is 3.97. The molecule has 0 saturated carbocycles. The fourth-order valence-corrected chi connectivity index (χ4v) is 2.96. The average molecular weight is 245 g/mol. The predicted octanol–water partition coefficient (Wildman–Crippen LogP) is 0.405. The van der Waals surface area contributed by atoms with Crippen LogP contribution in [0.4, 0.5) is 15.8 Å². The van der Waals surface area contributed by atoms with E-state index < -0.39 is 16.0 Å². The number of hydrogen-bond donors (Lipinski definition) is 1. The fourth-order valence-electron chi connectivity index (χ4n) is 1.60. The van der Waals surface area contributed by atoms with Gasteiger partial charge in [-0.2, -0.15) is 12.7 Å². The predicted molar refractivity (Wildman–Crippen MR) is 59.7 cm³/mol. The van der Waals surface area contributed by atoms with Crippen molar-refractivity contribution in [1.29, 1.82) is 0 Å². The van der Waals surface area contributed by atoms with Crippen LogP contribution in [0.5, 0.6) is 0 Å². The van der Waals surface area contributed by atoms with Crippen LogP contribution in [0.3, 0.4) is 0 Å². The van der Waals surface area contributed by atoms with Gasteiger partial charge in [-0.1, -0.05) is 0 Å². The third-order valence-corrected chi connectivity index (χ3v) is 4.44. The normalized spacial score (nSPS) is 20.2. The van der Waals surface area contributed by atoms with Crippen LogP contribution in [0.25, 0.3) is 0 Å². The largest absolute Gasteiger partial charge is 0.399 e. The maximum Gasteiger partial charge on any atom is 0.304 e. The van der Waals surface area contributed by atoms with Crippen molar-refractivity contribution in [2.75, 3.05) is 30.2 Å². The highest BCUT2D eigenvalue weighted by molar-refractivity contribution is 7.90. The molecule has 1 fully saturated rings. The van der Waals surface area contributed by atoms with Gasteiger partial charge in [-0.3, -0.25) is 4.31 Å². The second-order valence-corrected chi connectivity index (χ2v) is 5.57. The van der Waals surface area contributed by atoms with E-state index in [-0.39, 0.29) is 17.9 Å². The lowest BCUT2D eigenvalue weighted by Gasteiger charge is -2.18. The molecule has 7 heteroatoms. The molecular weight excluding hydrogens is 233 g/mol. The molecule has 0 spiro atoms. The molecule has 1 saturated heterocycles. The van der Waals surface area contributed by atoms with E-state index in [9.17, 15) is 12.8 Å². The lowest BCUT2D eigenvalue weighted by Crippen LogP contribution is -2.31. The molecule has 2 rings (SSSR count). The molecule has 16 heavy (non-hydrogen) atoms. The third kappa shape index (κ3) is 1.61. The number of hydrogen-bond acceptors (Lipinski definition) is 3. The van der Waals surface area contributed by atoms with Crippen molar-refractivity contribution in [3.63, 3.8) is 0 Å². The molecule has 0 aromatic heterocycles. The molecule has 1 aromatic rings. The van der Waals surface area contributed by atoms with Gasteiger partial charge in [-0.05, 0) is 18.2 Å².